The molecule has 0 amide bonds. The number of ether oxygens (including phenoxy) is 1. The Morgan fingerprint density at radius 3 is 2.50 bits per heavy atom. The van der Waals surface area contributed by atoms with Gasteiger partial charge in [-0.2, -0.15) is 0 Å². The molecule has 0 aliphatic heterocycles. The van der Waals surface area contributed by atoms with Crippen LogP contribution in [-0.4, -0.2) is 36.4 Å². The van der Waals surface area contributed by atoms with Gasteiger partial charge in [0, 0.05) is 12.6 Å². The summed E-state index contributed by atoms with van der Waals surface area (Å²) in [5.74, 6) is -0.606. The van der Waals surface area contributed by atoms with Crippen LogP contribution in [0.5, 0.6) is 0 Å². The number of benzene rings is 1. The number of nitrogens with one attached hydrogen (secondary N) is 1. The molecule has 0 saturated carbocycles. The van der Waals surface area contributed by atoms with E-state index in [1.54, 1.807) is 0 Å². The van der Waals surface area contributed by atoms with Crippen molar-refractivity contribution in [3.8, 4) is 0 Å². The van der Waals surface area contributed by atoms with Crippen LogP contribution >= 0.6 is 0 Å². The first kappa shape index (κ1) is 13.1. The van der Waals surface area contributed by atoms with E-state index in [1.165, 1.54) is 25.2 Å². The first-order valence-corrected chi connectivity index (χ1v) is 6.14. The average Bonchev–Trinajstić information content (AvgIpc) is 2.78. The molecule has 1 aromatic carbocycles. The largest absolute Gasteiger partial charge is 0.467 e. The quantitative estimate of drug-likeness (QED) is 0.770. The molecule has 0 spiro atoms. The van der Waals surface area contributed by atoms with Crippen molar-refractivity contribution in [3.05, 3.63) is 35.4 Å². The van der Waals surface area contributed by atoms with E-state index in [0.29, 0.717) is 0 Å². The van der Waals surface area contributed by atoms with E-state index in [-0.39, 0.29) is 12.6 Å². The minimum absolute atomic E-state index is 0.207. The maximum atomic E-state index is 11.3. The van der Waals surface area contributed by atoms with Gasteiger partial charge in [-0.1, -0.05) is 24.3 Å². The highest BCUT2D eigenvalue weighted by atomic mass is 16.5. The molecule has 1 atom stereocenters. The Balaban J connectivity index is 1.89. The number of hydrogen-bond acceptors (Lipinski definition) is 4. The molecule has 0 bridgehead atoms. The van der Waals surface area contributed by atoms with Crippen molar-refractivity contribution in [1.29, 1.82) is 0 Å². The molecule has 0 saturated heterocycles. The Morgan fingerprint density at radius 2 is 2.00 bits per heavy atom. The summed E-state index contributed by atoms with van der Waals surface area (Å²) in [7, 11) is 1.28. The second-order valence-electron chi connectivity index (χ2n) is 5.02. The number of rotatable bonds is 4. The van der Waals surface area contributed by atoms with Gasteiger partial charge in [0.2, 0.25) is 0 Å². The van der Waals surface area contributed by atoms with Crippen molar-refractivity contribution < 1.29 is 14.6 Å². The van der Waals surface area contributed by atoms with E-state index in [4.69, 9.17) is 0 Å². The second kappa shape index (κ2) is 5.08. The molecule has 4 nitrogen and oxygen atoms in total. The van der Waals surface area contributed by atoms with Crippen molar-refractivity contribution >= 4 is 5.97 Å². The summed E-state index contributed by atoms with van der Waals surface area (Å²) in [5.41, 5.74) is 1.21. The number of fused-ring (bicyclic) bond motifs is 1. The van der Waals surface area contributed by atoms with Crippen molar-refractivity contribution in [2.24, 2.45) is 0 Å². The van der Waals surface area contributed by atoms with E-state index in [1.807, 2.05) is 12.1 Å². The van der Waals surface area contributed by atoms with Gasteiger partial charge in [-0.3, -0.25) is 0 Å². The van der Waals surface area contributed by atoms with E-state index in [2.05, 4.69) is 22.2 Å². The van der Waals surface area contributed by atoms with Crippen LogP contribution in [0.3, 0.4) is 0 Å². The number of carbonyl (C=O) groups excluding carboxylic acids is 1. The Morgan fingerprint density at radius 1 is 1.44 bits per heavy atom. The summed E-state index contributed by atoms with van der Waals surface area (Å²) in [4.78, 5) is 11.3. The standard InChI is InChI=1S/C14H19NO3/c1-14(17,13(16)18-2)9-15-12-7-10-5-3-4-6-11(10)8-12/h3-6,12,15,17H,7-9H2,1-2H3. The molecule has 0 fully saturated rings. The normalized spacial score (nSPS) is 18.2. The van der Waals surface area contributed by atoms with E-state index < -0.39 is 11.6 Å². The zero-order valence-corrected chi connectivity index (χ0v) is 10.8. The van der Waals surface area contributed by atoms with Crippen LogP contribution in [0.1, 0.15) is 18.1 Å². The number of hydrogen-bond donors (Lipinski definition) is 2. The monoisotopic (exact) mass is 249 g/mol. The fourth-order valence-electron chi connectivity index (χ4n) is 2.34. The lowest BCUT2D eigenvalue weighted by Gasteiger charge is -2.23. The molecule has 2 rings (SSSR count). The summed E-state index contributed by atoms with van der Waals surface area (Å²) < 4.78 is 4.56. The SMILES string of the molecule is COC(=O)C(C)(O)CNC1Cc2ccccc2C1. The molecule has 18 heavy (non-hydrogen) atoms. The van der Waals surface area contributed by atoms with E-state index in [9.17, 15) is 9.90 Å². The van der Waals surface area contributed by atoms with Gasteiger partial charge in [-0.05, 0) is 30.9 Å². The number of esters is 1. The average molecular weight is 249 g/mol. The van der Waals surface area contributed by atoms with Gasteiger partial charge in [0.15, 0.2) is 5.60 Å². The van der Waals surface area contributed by atoms with E-state index >= 15 is 0 Å². The highest BCUT2D eigenvalue weighted by molar-refractivity contribution is 5.78. The molecule has 1 aliphatic carbocycles. The van der Waals surface area contributed by atoms with Crippen LogP contribution < -0.4 is 5.32 Å². The maximum Gasteiger partial charge on any atom is 0.338 e. The third kappa shape index (κ3) is 2.71. The molecule has 0 radical (unpaired) electrons. The summed E-state index contributed by atoms with van der Waals surface area (Å²) >= 11 is 0. The number of methoxy groups -OCH3 is 1. The van der Waals surface area contributed by atoms with Crippen LogP contribution in [0.15, 0.2) is 24.3 Å². The van der Waals surface area contributed by atoms with Gasteiger partial charge in [0.1, 0.15) is 0 Å². The first-order chi connectivity index (χ1) is 8.53. The smallest absolute Gasteiger partial charge is 0.338 e. The molecular formula is C14H19NO3. The molecule has 1 unspecified atom stereocenters. The van der Waals surface area contributed by atoms with Crippen LogP contribution in [0, 0.1) is 0 Å². The zero-order chi connectivity index (χ0) is 13.2. The highest BCUT2D eigenvalue weighted by Crippen LogP contribution is 2.21. The second-order valence-corrected chi connectivity index (χ2v) is 5.02. The van der Waals surface area contributed by atoms with Crippen molar-refractivity contribution in [2.45, 2.75) is 31.4 Å². The van der Waals surface area contributed by atoms with Crippen molar-refractivity contribution in [1.82, 2.24) is 5.32 Å². The number of aliphatic hydroxyl groups is 1. The highest BCUT2D eigenvalue weighted by Gasteiger charge is 2.32. The van der Waals surface area contributed by atoms with Gasteiger partial charge in [0.05, 0.1) is 7.11 Å². The maximum absolute atomic E-state index is 11.3. The van der Waals surface area contributed by atoms with Crippen molar-refractivity contribution in [2.75, 3.05) is 13.7 Å². The Hall–Kier alpha value is -1.39. The Labute approximate surface area is 107 Å². The predicted molar refractivity (Wildman–Crippen MR) is 68.3 cm³/mol. The fourth-order valence-corrected chi connectivity index (χ4v) is 2.34. The lowest BCUT2D eigenvalue weighted by molar-refractivity contribution is -0.160. The van der Waals surface area contributed by atoms with Crippen LogP contribution in [0.4, 0.5) is 0 Å². The van der Waals surface area contributed by atoms with Gasteiger partial charge in [-0.15, -0.1) is 0 Å². The predicted octanol–water partition coefficient (Wildman–Crippen LogP) is 0.667. The summed E-state index contributed by atoms with van der Waals surface area (Å²) in [6, 6.07) is 8.58. The minimum Gasteiger partial charge on any atom is -0.467 e. The van der Waals surface area contributed by atoms with Crippen LogP contribution in [0.2, 0.25) is 0 Å². The summed E-state index contributed by atoms with van der Waals surface area (Å²) in [6.07, 6.45) is 1.88. The zero-order valence-electron chi connectivity index (χ0n) is 10.8. The Kier molecular flexibility index (Phi) is 3.68. The van der Waals surface area contributed by atoms with Gasteiger partial charge in [-0.25, -0.2) is 4.79 Å². The topological polar surface area (TPSA) is 58.6 Å². The summed E-state index contributed by atoms with van der Waals surface area (Å²) in [6.45, 7) is 1.67. The molecule has 98 valence electrons. The third-order valence-corrected chi connectivity index (χ3v) is 3.41. The van der Waals surface area contributed by atoms with Crippen LogP contribution in [0.25, 0.3) is 0 Å². The molecule has 0 heterocycles. The van der Waals surface area contributed by atoms with Crippen LogP contribution in [-0.2, 0) is 22.4 Å². The molecule has 4 heteroatoms. The molecular weight excluding hydrogens is 230 g/mol. The number of carbonyl (C=O) groups is 1. The van der Waals surface area contributed by atoms with E-state index in [0.717, 1.165) is 12.8 Å². The van der Waals surface area contributed by atoms with Gasteiger partial charge in [0.25, 0.3) is 0 Å². The van der Waals surface area contributed by atoms with Gasteiger partial charge >= 0.3 is 5.97 Å². The fraction of sp³-hybridized carbons (Fsp3) is 0.500. The molecule has 1 aliphatic rings. The third-order valence-electron chi connectivity index (χ3n) is 3.41. The Bertz CT molecular complexity index is 417. The van der Waals surface area contributed by atoms with Crippen molar-refractivity contribution in [3.63, 3.8) is 0 Å². The lowest BCUT2D eigenvalue weighted by atomic mass is 10.1. The first-order valence-electron chi connectivity index (χ1n) is 6.14. The van der Waals surface area contributed by atoms with Gasteiger partial charge < -0.3 is 15.2 Å². The molecule has 1 aromatic rings. The molecule has 0 aromatic heterocycles. The summed E-state index contributed by atoms with van der Waals surface area (Å²) in [5, 5.41) is 13.2. The minimum atomic E-state index is -1.47. The lowest BCUT2D eigenvalue weighted by Crippen LogP contribution is -2.48. The molecule has 2 N–H and O–H groups in total.